The van der Waals surface area contributed by atoms with Crippen molar-refractivity contribution >= 4 is 0 Å². The normalized spacial score (nSPS) is 5.68. The molecule has 0 unspecified atom stereocenters. The van der Waals surface area contributed by atoms with Gasteiger partial charge in [-0.05, 0) is 0 Å². The number of hydrogen-bond donors (Lipinski definition) is 0. The second-order valence-electron chi connectivity index (χ2n) is 2.15. The fourth-order valence-corrected chi connectivity index (χ4v) is 0.684. The van der Waals surface area contributed by atoms with Gasteiger partial charge in [-0.1, -0.05) is 27.7 Å². The zero-order valence-electron chi connectivity index (χ0n) is 13.5. The molecule has 0 bridgehead atoms. The van der Waals surface area contributed by atoms with Gasteiger partial charge in [0.2, 0.25) is 0 Å². The number of rotatable bonds is 0. The maximum Gasteiger partial charge on any atom is 2.00 e. The second-order valence-corrected chi connectivity index (χ2v) is 2.15. The van der Waals surface area contributed by atoms with Crippen molar-refractivity contribution in [3.8, 4) is 0 Å². The first-order valence-corrected chi connectivity index (χ1v) is 5.82. The van der Waals surface area contributed by atoms with Gasteiger partial charge < -0.3 is 7.43 Å². The van der Waals surface area contributed by atoms with E-state index in [1.165, 1.54) is 0 Å². The Bertz CT molecular complexity index is 187. The first kappa shape index (κ1) is 31.2. The molecule has 0 amide bonds. The summed E-state index contributed by atoms with van der Waals surface area (Å²) in [6.07, 6.45) is 0. The summed E-state index contributed by atoms with van der Waals surface area (Å²) in [5.74, 6) is 0. The van der Waals surface area contributed by atoms with Crippen LogP contribution in [0, 0.1) is 19.6 Å². The Morgan fingerprint density at radius 3 is 0.789 bits per heavy atom. The molecule has 0 saturated heterocycles. The van der Waals surface area contributed by atoms with Crippen molar-refractivity contribution in [2.24, 2.45) is 0 Å². The molecule has 19 heavy (non-hydrogen) atoms. The Kier molecular flexibility index (Phi) is 59.2. The minimum atomic E-state index is 0. The van der Waals surface area contributed by atoms with Crippen LogP contribution in [0.2, 0.25) is 0 Å². The fourth-order valence-electron chi connectivity index (χ4n) is 0.684. The van der Waals surface area contributed by atoms with E-state index in [0.29, 0.717) is 0 Å². The summed E-state index contributed by atoms with van der Waals surface area (Å²) in [5.41, 5.74) is 0. The first-order valence-electron chi connectivity index (χ1n) is 5.82. The number of hydrogen-bond acceptors (Lipinski definition) is 0. The van der Waals surface area contributed by atoms with Gasteiger partial charge in [0, 0.05) is 0 Å². The van der Waals surface area contributed by atoms with Crippen molar-refractivity contribution in [1.82, 2.24) is 0 Å². The van der Waals surface area contributed by atoms with Gasteiger partial charge in [-0.15, -0.1) is 0 Å². The summed E-state index contributed by atoms with van der Waals surface area (Å²) in [4.78, 5) is 0. The zero-order chi connectivity index (χ0) is 12.5. The van der Waals surface area contributed by atoms with Crippen molar-refractivity contribution in [2.45, 2.75) is 27.7 Å². The van der Waals surface area contributed by atoms with Crippen molar-refractivity contribution in [2.75, 3.05) is 0 Å². The van der Waals surface area contributed by atoms with Gasteiger partial charge >= 0.3 is 38.3 Å². The average Bonchev–Trinajstić information content (AvgIpc) is 2.48. The SMILES string of the molecule is CC.CC.[CH3-].[Li+].[Zn+2].[c-]1ccccc1.[c-]1ccccc1. The minimum absolute atomic E-state index is 0. The van der Waals surface area contributed by atoms with E-state index in [1.54, 1.807) is 0 Å². The fraction of sp³-hybridized carbons (Fsp3) is 0.235. The van der Waals surface area contributed by atoms with Gasteiger partial charge in [0.1, 0.15) is 0 Å². The van der Waals surface area contributed by atoms with Crippen LogP contribution in [0.15, 0.2) is 60.7 Å². The summed E-state index contributed by atoms with van der Waals surface area (Å²) in [6, 6.07) is 25.0. The Hall–Kier alpha value is -0.339. The van der Waals surface area contributed by atoms with Crippen LogP contribution < -0.4 is 18.9 Å². The van der Waals surface area contributed by atoms with Gasteiger partial charge in [-0.3, -0.25) is 0 Å². The van der Waals surface area contributed by atoms with Crippen LogP contribution in [-0.4, -0.2) is 0 Å². The van der Waals surface area contributed by atoms with E-state index < -0.39 is 0 Å². The Morgan fingerprint density at radius 1 is 0.526 bits per heavy atom. The van der Waals surface area contributed by atoms with Gasteiger partial charge in [0.25, 0.3) is 0 Å². The summed E-state index contributed by atoms with van der Waals surface area (Å²) in [7, 11) is 0. The van der Waals surface area contributed by atoms with Gasteiger partial charge in [-0.2, -0.15) is 72.8 Å². The average molecular weight is 302 g/mol. The van der Waals surface area contributed by atoms with Crippen molar-refractivity contribution in [3.63, 3.8) is 0 Å². The molecular formula is C17H25LiZn. The first-order chi connectivity index (χ1) is 8.00. The molecule has 2 aromatic rings. The van der Waals surface area contributed by atoms with Crippen LogP contribution in [0.25, 0.3) is 0 Å². The maximum atomic E-state index is 2.89. The third-order valence-electron chi connectivity index (χ3n) is 1.21. The van der Waals surface area contributed by atoms with Crippen LogP contribution in [0.5, 0.6) is 0 Å². The summed E-state index contributed by atoms with van der Waals surface area (Å²) in [6.45, 7) is 8.00. The van der Waals surface area contributed by atoms with Gasteiger partial charge in [0.05, 0.1) is 0 Å². The molecule has 0 aromatic heterocycles. The minimum Gasteiger partial charge on any atom is -0.358 e. The summed E-state index contributed by atoms with van der Waals surface area (Å²) < 4.78 is 0. The molecule has 0 aliphatic heterocycles. The maximum absolute atomic E-state index is 2.89. The van der Waals surface area contributed by atoms with E-state index in [1.807, 2.05) is 88.4 Å². The van der Waals surface area contributed by atoms with Gasteiger partial charge in [-0.25, -0.2) is 0 Å². The molecule has 0 spiro atoms. The van der Waals surface area contributed by atoms with Crippen molar-refractivity contribution in [3.05, 3.63) is 80.2 Å². The molecule has 0 saturated carbocycles. The molecule has 2 rings (SSSR count). The molecule has 0 radical (unpaired) electrons. The summed E-state index contributed by atoms with van der Waals surface area (Å²) >= 11 is 0. The number of benzene rings is 2. The molecule has 0 nitrogen and oxygen atoms in total. The zero-order valence-corrected chi connectivity index (χ0v) is 16.4. The predicted octanol–water partition coefficient (Wildman–Crippen LogP) is 2.48. The Labute approximate surface area is 146 Å². The van der Waals surface area contributed by atoms with Crippen LogP contribution in [0.3, 0.4) is 0 Å². The van der Waals surface area contributed by atoms with Crippen LogP contribution >= 0.6 is 0 Å². The van der Waals surface area contributed by atoms with E-state index in [2.05, 4.69) is 12.1 Å². The van der Waals surface area contributed by atoms with Gasteiger partial charge in [0.15, 0.2) is 0 Å². The Morgan fingerprint density at radius 2 is 0.737 bits per heavy atom. The molecule has 0 atom stereocenters. The molecule has 96 valence electrons. The van der Waals surface area contributed by atoms with Crippen LogP contribution in [0.4, 0.5) is 0 Å². The molecule has 0 aliphatic carbocycles. The molecule has 0 fully saturated rings. The van der Waals surface area contributed by atoms with Crippen LogP contribution in [0.1, 0.15) is 27.7 Å². The quantitative estimate of drug-likeness (QED) is 0.518. The monoisotopic (exact) mass is 300 g/mol. The molecular weight excluding hydrogens is 277 g/mol. The van der Waals surface area contributed by atoms with E-state index in [-0.39, 0.29) is 45.8 Å². The van der Waals surface area contributed by atoms with E-state index in [0.717, 1.165) is 0 Å². The summed E-state index contributed by atoms with van der Waals surface area (Å²) in [5, 5.41) is 0. The molecule has 2 heteroatoms. The second kappa shape index (κ2) is 36.1. The third-order valence-corrected chi connectivity index (χ3v) is 1.21. The molecule has 0 aliphatic rings. The van der Waals surface area contributed by atoms with E-state index >= 15 is 0 Å². The third kappa shape index (κ3) is 31.9. The Balaban J connectivity index is -0.0000000486. The molecule has 2 aromatic carbocycles. The molecule has 0 heterocycles. The van der Waals surface area contributed by atoms with Crippen molar-refractivity contribution < 1.29 is 38.3 Å². The largest absolute Gasteiger partial charge is 2.00 e. The molecule has 0 N–H and O–H groups in total. The standard InChI is InChI=1S/2C6H5.2C2H6.CH3.Li.Zn/c2*1-2-4-6-5-3-1;2*1-2;;;/h2*1-5H;2*1-2H3;1H3;;/q2*-1;;;-1;+1;+2. The van der Waals surface area contributed by atoms with E-state index in [4.69, 9.17) is 0 Å². The van der Waals surface area contributed by atoms with Crippen molar-refractivity contribution in [1.29, 1.82) is 0 Å². The van der Waals surface area contributed by atoms with E-state index in [9.17, 15) is 0 Å². The predicted molar refractivity (Wildman–Crippen MR) is 79.7 cm³/mol. The van der Waals surface area contributed by atoms with Crippen LogP contribution in [-0.2, 0) is 19.5 Å². The topological polar surface area (TPSA) is 0 Å². The smallest absolute Gasteiger partial charge is 0.358 e.